The smallest absolute Gasteiger partial charge is 0.335 e. The number of aromatic carboxylic acids is 1. The van der Waals surface area contributed by atoms with Crippen molar-refractivity contribution in [3.05, 3.63) is 65.8 Å². The van der Waals surface area contributed by atoms with Gasteiger partial charge in [0.15, 0.2) is 0 Å². The summed E-state index contributed by atoms with van der Waals surface area (Å²) in [6.45, 7) is 0. The zero-order valence-corrected chi connectivity index (χ0v) is 13.4. The highest BCUT2D eigenvalue weighted by atomic mass is 16.5. The van der Waals surface area contributed by atoms with E-state index in [0.29, 0.717) is 5.69 Å². The second-order valence-electron chi connectivity index (χ2n) is 5.13. The van der Waals surface area contributed by atoms with Crippen molar-refractivity contribution in [3.63, 3.8) is 0 Å². The molecule has 6 heteroatoms. The third-order valence-electron chi connectivity index (χ3n) is 3.53. The first-order chi connectivity index (χ1) is 11.5. The van der Waals surface area contributed by atoms with Crippen molar-refractivity contribution in [3.8, 4) is 0 Å². The van der Waals surface area contributed by atoms with Crippen molar-refractivity contribution in [2.45, 2.75) is 12.2 Å². The third kappa shape index (κ3) is 4.65. The van der Waals surface area contributed by atoms with Crippen LogP contribution in [0.2, 0.25) is 0 Å². The molecule has 0 spiro atoms. The number of nitrogens with one attached hydrogen (secondary N) is 1. The number of ether oxygens (including phenoxy) is 2. The lowest BCUT2D eigenvalue weighted by Crippen LogP contribution is -2.28. The van der Waals surface area contributed by atoms with Gasteiger partial charge >= 0.3 is 5.97 Å². The molecular weight excluding hydrogens is 310 g/mol. The van der Waals surface area contributed by atoms with Crippen LogP contribution in [0.5, 0.6) is 0 Å². The van der Waals surface area contributed by atoms with E-state index in [9.17, 15) is 9.59 Å². The van der Waals surface area contributed by atoms with Gasteiger partial charge in [-0.2, -0.15) is 0 Å². The molecule has 6 nitrogen and oxygen atoms in total. The largest absolute Gasteiger partial charge is 0.478 e. The number of rotatable bonds is 6. The molecule has 24 heavy (non-hydrogen) atoms. The Morgan fingerprint density at radius 2 is 1.79 bits per heavy atom. The molecule has 0 heterocycles. The number of allylic oxidation sites excluding steroid dienone is 3. The van der Waals surface area contributed by atoms with Crippen LogP contribution < -0.4 is 5.32 Å². The molecule has 0 saturated heterocycles. The normalized spacial score (nSPS) is 20.0. The Labute approximate surface area is 140 Å². The number of carbonyl (C=O) groups is 2. The molecule has 0 radical (unpaired) electrons. The Hall–Kier alpha value is -2.70. The molecule has 1 aromatic carbocycles. The molecule has 1 amide bonds. The topological polar surface area (TPSA) is 84.9 Å². The number of carboxylic acids is 1. The zero-order chi connectivity index (χ0) is 17.5. The first-order valence-electron chi connectivity index (χ1n) is 7.31. The zero-order valence-electron chi connectivity index (χ0n) is 13.4. The van der Waals surface area contributed by atoms with E-state index >= 15 is 0 Å². The lowest BCUT2D eigenvalue weighted by Gasteiger charge is -2.22. The Bertz CT molecular complexity index is 688. The Morgan fingerprint density at radius 3 is 2.38 bits per heavy atom. The first kappa shape index (κ1) is 17.7. The summed E-state index contributed by atoms with van der Waals surface area (Å²) in [5.74, 6) is -1.32. The number of benzene rings is 1. The van der Waals surface area contributed by atoms with Gasteiger partial charge in [0.05, 0.1) is 5.56 Å². The van der Waals surface area contributed by atoms with Gasteiger partial charge < -0.3 is 19.9 Å². The molecule has 126 valence electrons. The number of hydrogen-bond acceptors (Lipinski definition) is 4. The summed E-state index contributed by atoms with van der Waals surface area (Å²) in [5, 5.41) is 11.5. The van der Waals surface area contributed by atoms with Gasteiger partial charge in [0, 0.05) is 26.0 Å². The number of carboxylic acid groups (broad SMARTS) is 1. The molecule has 1 aliphatic carbocycles. The van der Waals surface area contributed by atoms with Crippen molar-refractivity contribution < 1.29 is 24.2 Å². The molecule has 0 fully saturated rings. The second-order valence-corrected chi connectivity index (χ2v) is 5.13. The van der Waals surface area contributed by atoms with E-state index in [1.54, 1.807) is 32.4 Å². The predicted molar refractivity (Wildman–Crippen MR) is 90.0 cm³/mol. The fourth-order valence-electron chi connectivity index (χ4n) is 2.23. The van der Waals surface area contributed by atoms with Gasteiger partial charge in [0.25, 0.3) is 0 Å². The maximum absolute atomic E-state index is 11.9. The molecule has 2 unspecified atom stereocenters. The fraction of sp³-hybridized carbons (Fsp3) is 0.222. The van der Waals surface area contributed by atoms with Crippen molar-refractivity contribution in [1.29, 1.82) is 0 Å². The van der Waals surface area contributed by atoms with Crippen LogP contribution in [0.25, 0.3) is 0 Å². The number of amides is 1. The minimum absolute atomic E-state index is 0.145. The number of methoxy groups -OCH3 is 2. The van der Waals surface area contributed by atoms with Gasteiger partial charge in [-0.25, -0.2) is 4.79 Å². The Balaban J connectivity index is 1.97. The van der Waals surface area contributed by atoms with E-state index in [1.165, 1.54) is 18.2 Å². The predicted octanol–water partition coefficient (Wildman–Crippen LogP) is 2.41. The van der Waals surface area contributed by atoms with Gasteiger partial charge in [0.1, 0.15) is 12.2 Å². The van der Waals surface area contributed by atoms with Crippen LogP contribution in [-0.2, 0) is 14.3 Å². The van der Waals surface area contributed by atoms with Crippen LogP contribution in [0.15, 0.2) is 60.2 Å². The van der Waals surface area contributed by atoms with E-state index in [0.717, 1.165) is 5.57 Å². The fourth-order valence-corrected chi connectivity index (χ4v) is 2.23. The summed E-state index contributed by atoms with van der Waals surface area (Å²) in [6, 6.07) is 5.95. The first-order valence-corrected chi connectivity index (χ1v) is 7.31. The van der Waals surface area contributed by atoms with Crippen molar-refractivity contribution in [2.24, 2.45) is 0 Å². The highest BCUT2D eigenvalue weighted by molar-refractivity contribution is 6.00. The molecule has 0 saturated carbocycles. The second kappa shape index (κ2) is 8.24. The van der Waals surface area contributed by atoms with Gasteiger partial charge in [0.2, 0.25) is 5.91 Å². The quantitative estimate of drug-likeness (QED) is 0.783. The molecule has 1 aliphatic rings. The van der Waals surface area contributed by atoms with Crippen molar-refractivity contribution in [1.82, 2.24) is 0 Å². The van der Waals surface area contributed by atoms with E-state index in [4.69, 9.17) is 14.6 Å². The van der Waals surface area contributed by atoms with Crippen molar-refractivity contribution in [2.75, 3.05) is 19.5 Å². The van der Waals surface area contributed by atoms with Gasteiger partial charge in [-0.15, -0.1) is 0 Å². The molecule has 0 aliphatic heterocycles. The summed E-state index contributed by atoms with van der Waals surface area (Å²) < 4.78 is 10.6. The molecular formula is C18H19NO5. The third-order valence-corrected chi connectivity index (χ3v) is 3.53. The summed E-state index contributed by atoms with van der Waals surface area (Å²) in [6.07, 6.45) is 8.33. The van der Waals surface area contributed by atoms with Crippen molar-refractivity contribution >= 4 is 17.6 Å². The molecule has 1 aromatic rings. The van der Waals surface area contributed by atoms with E-state index in [1.807, 2.05) is 18.2 Å². The van der Waals surface area contributed by atoms with E-state index in [2.05, 4.69) is 5.32 Å². The molecule has 0 bridgehead atoms. The standard InChI is InChI=1S/C18H19NO5/c1-23-15-9-3-12(11-16(15)24-2)4-10-17(20)19-14-7-5-13(6-8-14)18(21)22/h3-11,15-16H,1-2H3,(H,19,20)(H,21,22)/b10-4+. The SMILES string of the molecule is COC1C=CC(/C=C/C(=O)Nc2ccc(C(=O)O)cc2)=CC1OC. The summed E-state index contributed by atoms with van der Waals surface area (Å²) in [4.78, 5) is 22.7. The van der Waals surface area contributed by atoms with Gasteiger partial charge in [-0.1, -0.05) is 12.2 Å². The highest BCUT2D eigenvalue weighted by Crippen LogP contribution is 2.17. The maximum atomic E-state index is 11.9. The van der Waals surface area contributed by atoms with Crippen LogP contribution >= 0.6 is 0 Å². The van der Waals surface area contributed by atoms with Crippen LogP contribution in [-0.4, -0.2) is 43.4 Å². The van der Waals surface area contributed by atoms with Crippen LogP contribution in [0.4, 0.5) is 5.69 Å². The monoisotopic (exact) mass is 329 g/mol. The molecule has 2 N–H and O–H groups in total. The number of carbonyl (C=O) groups excluding carboxylic acids is 1. The van der Waals surface area contributed by atoms with E-state index in [-0.39, 0.29) is 23.7 Å². The number of anilines is 1. The summed E-state index contributed by atoms with van der Waals surface area (Å²) in [5.41, 5.74) is 1.53. The maximum Gasteiger partial charge on any atom is 0.335 e. The molecule has 2 atom stereocenters. The number of hydrogen-bond donors (Lipinski definition) is 2. The highest BCUT2D eigenvalue weighted by Gasteiger charge is 2.19. The van der Waals surface area contributed by atoms with Crippen LogP contribution in [0, 0.1) is 0 Å². The minimum atomic E-state index is -1.01. The van der Waals surface area contributed by atoms with Crippen LogP contribution in [0.1, 0.15) is 10.4 Å². The summed E-state index contributed by atoms with van der Waals surface area (Å²) in [7, 11) is 3.21. The van der Waals surface area contributed by atoms with Crippen LogP contribution in [0.3, 0.4) is 0 Å². The Morgan fingerprint density at radius 1 is 1.12 bits per heavy atom. The summed E-state index contributed by atoms with van der Waals surface area (Å²) >= 11 is 0. The van der Waals surface area contributed by atoms with Gasteiger partial charge in [-0.05, 0) is 42.0 Å². The lowest BCUT2D eigenvalue weighted by molar-refractivity contribution is -0.111. The molecule has 2 rings (SSSR count). The average molecular weight is 329 g/mol. The lowest BCUT2D eigenvalue weighted by atomic mass is 10.0. The molecule has 0 aromatic heterocycles. The minimum Gasteiger partial charge on any atom is -0.478 e. The average Bonchev–Trinajstić information content (AvgIpc) is 2.60. The van der Waals surface area contributed by atoms with E-state index < -0.39 is 5.97 Å². The Kier molecular flexibility index (Phi) is 6.06. The van der Waals surface area contributed by atoms with Gasteiger partial charge in [-0.3, -0.25) is 4.79 Å².